The van der Waals surface area contributed by atoms with Gasteiger partial charge in [-0.1, -0.05) is 0 Å². The number of nitrogens with zero attached hydrogens (tertiary/aromatic N) is 1. The molecule has 0 atom stereocenters. The van der Waals surface area contributed by atoms with Crippen molar-refractivity contribution in [3.05, 3.63) is 23.5 Å². The van der Waals surface area contributed by atoms with Crippen molar-refractivity contribution in [2.45, 2.75) is 6.61 Å². The minimum absolute atomic E-state index is 0.777. The van der Waals surface area contributed by atoms with Crippen LogP contribution in [0.25, 0.3) is 0 Å². The van der Waals surface area contributed by atoms with Crippen molar-refractivity contribution in [1.82, 2.24) is 4.98 Å². The number of hydrogen-bond donors (Lipinski definition) is 0. The molecule has 1 heterocycles. The largest absolute Gasteiger partial charge is 0.545 e. The molecule has 1 rings (SSSR count). The molecule has 0 amide bonds. The van der Waals surface area contributed by atoms with E-state index in [1.54, 1.807) is 0 Å². The Balaban J connectivity index is 3.34. The molecule has 0 aliphatic rings. The molecule has 0 radical (unpaired) electrons. The van der Waals surface area contributed by atoms with Gasteiger partial charge in [0.05, 0.1) is 11.9 Å². The maximum atomic E-state index is 11.9. The van der Waals surface area contributed by atoms with Crippen LogP contribution in [-0.2, 0) is 0 Å². The normalized spacial score (nSPS) is 10.2. The van der Waals surface area contributed by atoms with Gasteiger partial charge in [0.2, 0.25) is 0 Å². The molecule has 0 unspecified atom stereocenters. The Morgan fingerprint density at radius 1 is 1.31 bits per heavy atom. The number of carboxylic acid groups (broad SMARTS) is 2. The predicted octanol–water partition coefficient (Wildman–Crippen LogP) is -1.59. The van der Waals surface area contributed by atoms with Gasteiger partial charge in [0.1, 0.15) is 5.69 Å². The zero-order valence-corrected chi connectivity index (χ0v) is 7.48. The van der Waals surface area contributed by atoms with Gasteiger partial charge in [-0.3, -0.25) is 4.98 Å². The number of carbonyl (C=O) groups excluding carboxylic acids is 2. The number of aromatic nitrogens is 1. The quantitative estimate of drug-likeness (QED) is 0.618. The number of carboxylic acids is 2. The van der Waals surface area contributed by atoms with E-state index in [9.17, 15) is 28.6 Å². The smallest absolute Gasteiger partial charge is 0.387 e. The first kappa shape index (κ1) is 11.8. The van der Waals surface area contributed by atoms with Crippen LogP contribution in [0.1, 0.15) is 20.8 Å². The molecule has 0 aromatic carbocycles. The molecule has 0 saturated heterocycles. The molecule has 0 fully saturated rings. The van der Waals surface area contributed by atoms with Gasteiger partial charge in [0.15, 0.2) is 5.75 Å². The zero-order valence-electron chi connectivity index (χ0n) is 7.48. The fraction of sp³-hybridized carbons (Fsp3) is 0.125. The monoisotopic (exact) mass is 231 g/mol. The summed E-state index contributed by atoms with van der Waals surface area (Å²) < 4.78 is 27.6. The minimum Gasteiger partial charge on any atom is -0.545 e. The van der Waals surface area contributed by atoms with Gasteiger partial charge in [-0.25, -0.2) is 0 Å². The van der Waals surface area contributed by atoms with Crippen molar-refractivity contribution < 1.29 is 33.3 Å². The maximum absolute atomic E-state index is 11.9. The number of hydrogen-bond acceptors (Lipinski definition) is 6. The van der Waals surface area contributed by atoms with Crippen molar-refractivity contribution >= 4 is 11.9 Å². The van der Waals surface area contributed by atoms with E-state index in [0.717, 1.165) is 12.3 Å². The van der Waals surface area contributed by atoms with Gasteiger partial charge in [-0.05, 0) is 6.07 Å². The second-order valence-corrected chi connectivity index (χ2v) is 2.49. The molecule has 1 aromatic rings. The average Bonchev–Trinajstić information content (AvgIpc) is 2.16. The first-order chi connectivity index (χ1) is 7.43. The van der Waals surface area contributed by atoms with Gasteiger partial charge in [0, 0.05) is 11.8 Å². The van der Waals surface area contributed by atoms with Gasteiger partial charge >= 0.3 is 6.61 Å². The van der Waals surface area contributed by atoms with Gasteiger partial charge in [-0.15, -0.1) is 0 Å². The molecule has 0 N–H and O–H groups in total. The lowest BCUT2D eigenvalue weighted by Crippen LogP contribution is -2.28. The fourth-order valence-corrected chi connectivity index (χ4v) is 0.963. The van der Waals surface area contributed by atoms with Gasteiger partial charge in [-0.2, -0.15) is 8.78 Å². The number of pyridine rings is 1. The van der Waals surface area contributed by atoms with Crippen LogP contribution < -0.4 is 14.9 Å². The third-order valence-electron chi connectivity index (χ3n) is 1.52. The molecule has 0 saturated carbocycles. The molecule has 8 heteroatoms. The second-order valence-electron chi connectivity index (χ2n) is 2.49. The number of rotatable bonds is 4. The predicted molar refractivity (Wildman–Crippen MR) is 39.5 cm³/mol. The van der Waals surface area contributed by atoms with E-state index in [4.69, 9.17) is 0 Å². The Morgan fingerprint density at radius 2 is 1.94 bits per heavy atom. The van der Waals surface area contributed by atoms with E-state index < -0.39 is 35.6 Å². The van der Waals surface area contributed by atoms with Crippen LogP contribution in [0.3, 0.4) is 0 Å². The number of carbonyl (C=O) groups is 2. The van der Waals surface area contributed by atoms with Crippen LogP contribution >= 0.6 is 0 Å². The molecule has 0 bridgehead atoms. The second kappa shape index (κ2) is 4.51. The molecule has 16 heavy (non-hydrogen) atoms. The van der Waals surface area contributed by atoms with E-state index in [1.165, 1.54) is 0 Å². The molecular formula is C8H3F2NO5-2. The first-order valence-corrected chi connectivity index (χ1v) is 3.80. The molecule has 6 nitrogen and oxygen atoms in total. The lowest BCUT2D eigenvalue weighted by atomic mass is 10.2. The molecule has 1 aromatic heterocycles. The lowest BCUT2D eigenvalue weighted by Gasteiger charge is -2.14. The molecule has 0 aliphatic heterocycles. The Labute approximate surface area is 87.1 Å². The maximum Gasteiger partial charge on any atom is 0.387 e. The topological polar surface area (TPSA) is 102 Å². The van der Waals surface area contributed by atoms with E-state index >= 15 is 0 Å². The fourth-order valence-electron chi connectivity index (χ4n) is 0.963. The Hall–Kier alpha value is -2.25. The number of aromatic carboxylic acids is 2. The van der Waals surface area contributed by atoms with Crippen molar-refractivity contribution in [1.29, 1.82) is 0 Å². The third kappa shape index (κ3) is 2.41. The van der Waals surface area contributed by atoms with Crippen LogP contribution in [0.4, 0.5) is 8.78 Å². The molecule has 0 spiro atoms. The van der Waals surface area contributed by atoms with Crippen LogP contribution in [0.15, 0.2) is 12.3 Å². The van der Waals surface area contributed by atoms with Crippen molar-refractivity contribution in [2.24, 2.45) is 0 Å². The molecular weight excluding hydrogens is 228 g/mol. The Bertz CT molecular complexity index is 402. The van der Waals surface area contributed by atoms with Crippen LogP contribution in [0, 0.1) is 0 Å². The Morgan fingerprint density at radius 3 is 2.38 bits per heavy atom. The molecule has 0 aliphatic carbocycles. The van der Waals surface area contributed by atoms with E-state index in [-0.39, 0.29) is 0 Å². The van der Waals surface area contributed by atoms with Gasteiger partial charge < -0.3 is 24.5 Å². The summed E-state index contributed by atoms with van der Waals surface area (Å²) in [5.41, 5.74) is -1.86. The van der Waals surface area contributed by atoms with Crippen LogP contribution in [0.5, 0.6) is 5.75 Å². The van der Waals surface area contributed by atoms with Crippen molar-refractivity contribution in [3.8, 4) is 5.75 Å². The summed E-state index contributed by atoms with van der Waals surface area (Å²) in [7, 11) is 0. The lowest BCUT2D eigenvalue weighted by molar-refractivity contribution is -0.255. The van der Waals surface area contributed by atoms with Crippen LogP contribution in [0.2, 0.25) is 0 Å². The average molecular weight is 231 g/mol. The number of halogens is 2. The number of alkyl halides is 2. The highest BCUT2D eigenvalue weighted by molar-refractivity contribution is 5.95. The summed E-state index contributed by atoms with van der Waals surface area (Å²) in [6.45, 7) is -3.39. The highest BCUT2D eigenvalue weighted by Crippen LogP contribution is 2.23. The Kier molecular flexibility index (Phi) is 3.33. The minimum atomic E-state index is -3.39. The summed E-state index contributed by atoms with van der Waals surface area (Å²) in [6.07, 6.45) is 0.800. The van der Waals surface area contributed by atoms with E-state index in [1.807, 2.05) is 0 Å². The van der Waals surface area contributed by atoms with E-state index in [0.29, 0.717) is 0 Å². The summed E-state index contributed by atoms with van der Waals surface area (Å²) in [4.78, 5) is 24.1. The number of ether oxygens (including phenoxy) is 1. The SMILES string of the molecule is O=C([O-])c1ccnc(C(=O)[O-])c1OC(F)F. The van der Waals surface area contributed by atoms with Gasteiger partial charge in [0.25, 0.3) is 0 Å². The summed E-state index contributed by atoms with van der Waals surface area (Å²) in [5.74, 6) is -4.88. The van der Waals surface area contributed by atoms with Crippen molar-refractivity contribution in [3.63, 3.8) is 0 Å². The summed E-state index contributed by atoms with van der Waals surface area (Å²) >= 11 is 0. The summed E-state index contributed by atoms with van der Waals surface area (Å²) in [5, 5.41) is 21.0. The molecule has 86 valence electrons. The third-order valence-corrected chi connectivity index (χ3v) is 1.52. The zero-order chi connectivity index (χ0) is 12.3. The van der Waals surface area contributed by atoms with E-state index in [2.05, 4.69) is 9.72 Å². The van der Waals surface area contributed by atoms with Crippen LogP contribution in [-0.4, -0.2) is 23.5 Å². The standard InChI is InChI=1S/C8H5F2NO5/c9-8(10)16-5-3(6(12)13)1-2-11-4(5)7(14)15/h1-2,8H,(H,12,13)(H,14,15)/p-2. The van der Waals surface area contributed by atoms with Crippen molar-refractivity contribution in [2.75, 3.05) is 0 Å². The highest BCUT2D eigenvalue weighted by atomic mass is 19.3. The highest BCUT2D eigenvalue weighted by Gasteiger charge is 2.16. The first-order valence-electron chi connectivity index (χ1n) is 3.80. The summed E-state index contributed by atoms with van der Waals surface area (Å²) in [6, 6.07) is 0.777.